The van der Waals surface area contributed by atoms with Gasteiger partial charge in [0.1, 0.15) is 0 Å². The van der Waals surface area contributed by atoms with Crippen molar-refractivity contribution in [2.75, 3.05) is 9.80 Å². The van der Waals surface area contributed by atoms with Crippen molar-refractivity contribution in [2.45, 2.75) is 0 Å². The molecular weight excluding hydrogens is 412 g/mol. The molecule has 1 aliphatic rings. The van der Waals surface area contributed by atoms with Crippen LogP contribution in [0.1, 0.15) is 0 Å². The van der Waals surface area contributed by atoms with Crippen molar-refractivity contribution in [3.63, 3.8) is 0 Å². The van der Waals surface area contributed by atoms with Crippen LogP contribution < -0.4 is 9.80 Å². The van der Waals surface area contributed by atoms with Crippen molar-refractivity contribution >= 4 is 55.7 Å². The second-order valence-corrected chi connectivity index (χ2v) is 8.64. The fourth-order valence-corrected chi connectivity index (χ4v) is 5.27. The zero-order valence-corrected chi connectivity index (χ0v) is 18.6. The van der Waals surface area contributed by atoms with Crippen LogP contribution in [0.15, 0.2) is 133 Å². The highest BCUT2D eigenvalue weighted by atomic mass is 15.3. The van der Waals surface area contributed by atoms with E-state index in [9.17, 15) is 0 Å². The summed E-state index contributed by atoms with van der Waals surface area (Å²) in [7, 11) is 0. The van der Waals surface area contributed by atoms with Gasteiger partial charge in [-0.3, -0.25) is 0 Å². The highest BCUT2D eigenvalue weighted by Gasteiger charge is 2.31. The van der Waals surface area contributed by atoms with E-state index in [1.807, 2.05) is 0 Å². The minimum atomic E-state index is 1.17. The highest BCUT2D eigenvalue weighted by Crippen LogP contribution is 2.55. The molecule has 0 amide bonds. The van der Waals surface area contributed by atoms with Crippen LogP contribution in [-0.4, -0.2) is 0 Å². The van der Waals surface area contributed by atoms with Crippen molar-refractivity contribution in [1.29, 1.82) is 0 Å². The van der Waals surface area contributed by atoms with Gasteiger partial charge in [0.05, 0.1) is 34.1 Å². The fraction of sp³-hybridized carbons (Fsp3) is 0. The number of benzene rings is 6. The Kier molecular flexibility index (Phi) is 4.18. The molecule has 2 heteroatoms. The Morgan fingerprint density at radius 3 is 0.971 bits per heavy atom. The van der Waals surface area contributed by atoms with Crippen molar-refractivity contribution in [3.8, 4) is 0 Å². The van der Waals surface area contributed by atoms with E-state index in [-0.39, 0.29) is 0 Å². The molecule has 0 aliphatic carbocycles. The number of para-hydroxylation sites is 4. The van der Waals surface area contributed by atoms with Crippen LogP contribution in [-0.2, 0) is 0 Å². The Labute approximate surface area is 198 Å². The summed E-state index contributed by atoms with van der Waals surface area (Å²) in [6.45, 7) is 0. The van der Waals surface area contributed by atoms with E-state index in [0.717, 1.165) is 0 Å². The number of anilines is 6. The van der Waals surface area contributed by atoms with Gasteiger partial charge >= 0.3 is 0 Å². The van der Waals surface area contributed by atoms with Crippen molar-refractivity contribution in [2.24, 2.45) is 0 Å². The van der Waals surface area contributed by atoms with Crippen molar-refractivity contribution < 1.29 is 0 Å². The Morgan fingerprint density at radius 1 is 0.265 bits per heavy atom. The fourth-order valence-electron chi connectivity index (χ4n) is 5.27. The van der Waals surface area contributed by atoms with Gasteiger partial charge < -0.3 is 9.80 Å². The first-order chi connectivity index (χ1) is 16.9. The highest BCUT2D eigenvalue weighted by molar-refractivity contribution is 6.09. The third kappa shape index (κ3) is 2.76. The maximum atomic E-state index is 2.41. The Bertz CT molecular complexity index is 1500. The van der Waals surface area contributed by atoms with E-state index >= 15 is 0 Å². The minimum Gasteiger partial charge on any atom is -0.306 e. The lowest BCUT2D eigenvalue weighted by molar-refractivity contribution is 1.18. The van der Waals surface area contributed by atoms with Gasteiger partial charge in [-0.15, -0.1) is 0 Å². The van der Waals surface area contributed by atoms with Gasteiger partial charge in [-0.2, -0.15) is 0 Å². The molecular formula is C32H22N2. The Hall–Kier alpha value is -4.56. The zero-order chi connectivity index (χ0) is 22.5. The molecule has 0 fully saturated rings. The molecule has 0 saturated carbocycles. The van der Waals surface area contributed by atoms with Crippen LogP contribution in [0.3, 0.4) is 0 Å². The van der Waals surface area contributed by atoms with E-state index in [4.69, 9.17) is 0 Å². The molecule has 0 saturated heterocycles. The third-order valence-corrected chi connectivity index (χ3v) is 6.74. The van der Waals surface area contributed by atoms with Gasteiger partial charge in [-0.05, 0) is 47.2 Å². The lowest BCUT2D eigenvalue weighted by atomic mass is 10.0. The average molecular weight is 435 g/mol. The second kappa shape index (κ2) is 7.50. The molecule has 0 N–H and O–H groups in total. The molecule has 7 rings (SSSR count). The molecule has 0 bridgehead atoms. The molecule has 0 atom stereocenters. The molecule has 1 aliphatic heterocycles. The summed E-state index contributed by atoms with van der Waals surface area (Å²) < 4.78 is 0. The summed E-state index contributed by atoms with van der Waals surface area (Å²) in [5.41, 5.74) is 7.07. The normalized spacial score (nSPS) is 12.6. The predicted octanol–water partition coefficient (Wildman–Crippen LogP) is 9.25. The summed E-state index contributed by atoms with van der Waals surface area (Å²) in [4.78, 5) is 4.82. The predicted molar refractivity (Wildman–Crippen MR) is 144 cm³/mol. The summed E-state index contributed by atoms with van der Waals surface area (Å²) >= 11 is 0. The quantitative estimate of drug-likeness (QED) is 0.267. The summed E-state index contributed by atoms with van der Waals surface area (Å²) in [5.74, 6) is 0. The molecule has 2 nitrogen and oxygen atoms in total. The van der Waals surface area contributed by atoms with E-state index in [0.29, 0.717) is 0 Å². The average Bonchev–Trinajstić information content (AvgIpc) is 2.91. The number of rotatable bonds is 2. The van der Waals surface area contributed by atoms with Crippen LogP contribution >= 0.6 is 0 Å². The summed E-state index contributed by atoms with van der Waals surface area (Å²) in [6.07, 6.45) is 0. The number of fused-ring (bicyclic) bond motifs is 4. The van der Waals surface area contributed by atoms with E-state index in [2.05, 4.69) is 143 Å². The van der Waals surface area contributed by atoms with Crippen molar-refractivity contribution in [1.82, 2.24) is 0 Å². The van der Waals surface area contributed by atoms with Gasteiger partial charge in [0, 0.05) is 10.8 Å². The van der Waals surface area contributed by atoms with Crippen LogP contribution in [0.5, 0.6) is 0 Å². The van der Waals surface area contributed by atoms with Gasteiger partial charge in [0.15, 0.2) is 0 Å². The van der Waals surface area contributed by atoms with E-state index in [1.165, 1.54) is 55.7 Å². The van der Waals surface area contributed by atoms with Gasteiger partial charge in [-0.25, -0.2) is 0 Å². The van der Waals surface area contributed by atoms with Crippen LogP contribution in [0.4, 0.5) is 34.1 Å². The second-order valence-electron chi connectivity index (χ2n) is 8.64. The van der Waals surface area contributed by atoms with Gasteiger partial charge in [0.25, 0.3) is 0 Å². The Balaban J connectivity index is 1.55. The standard InChI is InChI=1S/C32H22N2/c1-3-15-25-23(11-1)13-9-21-27(25)33-29-17-5-7-19-31(29)34(32-20-8-6-18-30(32)33)28-22-10-14-24-12-2-4-16-26(24)28/h1-22H. The topological polar surface area (TPSA) is 6.48 Å². The molecule has 6 aromatic rings. The molecule has 1 heterocycles. The number of hydrogen-bond donors (Lipinski definition) is 0. The minimum absolute atomic E-state index is 1.17. The van der Waals surface area contributed by atoms with Crippen LogP contribution in [0, 0.1) is 0 Å². The summed E-state index contributed by atoms with van der Waals surface area (Å²) in [6, 6.07) is 47.8. The van der Waals surface area contributed by atoms with Crippen LogP contribution in [0.25, 0.3) is 21.5 Å². The molecule has 0 aromatic heterocycles. The number of hydrogen-bond acceptors (Lipinski definition) is 2. The molecule has 160 valence electrons. The summed E-state index contributed by atoms with van der Waals surface area (Å²) in [5, 5.41) is 4.97. The molecule has 0 unspecified atom stereocenters. The first-order valence-corrected chi connectivity index (χ1v) is 11.6. The SMILES string of the molecule is c1ccc2c(c1)N(c1cccc3ccccc13)c1ccccc1N2c1cccc2ccccc12. The monoisotopic (exact) mass is 434 g/mol. The lowest BCUT2D eigenvalue weighted by Gasteiger charge is -2.41. The molecule has 0 radical (unpaired) electrons. The van der Waals surface area contributed by atoms with Gasteiger partial charge in [0.2, 0.25) is 0 Å². The number of nitrogens with zero attached hydrogens (tertiary/aromatic N) is 2. The Morgan fingerprint density at radius 2 is 0.559 bits per heavy atom. The van der Waals surface area contributed by atoms with E-state index < -0.39 is 0 Å². The first kappa shape index (κ1) is 19.0. The van der Waals surface area contributed by atoms with Crippen LogP contribution in [0.2, 0.25) is 0 Å². The van der Waals surface area contributed by atoms with E-state index in [1.54, 1.807) is 0 Å². The smallest absolute Gasteiger partial charge is 0.0703 e. The van der Waals surface area contributed by atoms with Gasteiger partial charge in [-0.1, -0.05) is 97.1 Å². The van der Waals surface area contributed by atoms with Crippen molar-refractivity contribution in [3.05, 3.63) is 133 Å². The third-order valence-electron chi connectivity index (χ3n) is 6.74. The maximum absolute atomic E-state index is 2.41. The zero-order valence-electron chi connectivity index (χ0n) is 18.6. The lowest BCUT2D eigenvalue weighted by Crippen LogP contribution is -2.24. The molecule has 0 spiro atoms. The largest absolute Gasteiger partial charge is 0.306 e. The maximum Gasteiger partial charge on any atom is 0.0703 e. The first-order valence-electron chi connectivity index (χ1n) is 11.6. The molecule has 6 aromatic carbocycles. The molecule has 34 heavy (non-hydrogen) atoms.